The van der Waals surface area contributed by atoms with Crippen molar-refractivity contribution in [2.45, 2.75) is 12.8 Å². The minimum absolute atomic E-state index is 0. The summed E-state index contributed by atoms with van der Waals surface area (Å²) >= 11 is 0. The van der Waals surface area contributed by atoms with E-state index in [0.717, 1.165) is 12.8 Å². The first kappa shape index (κ1) is 15.5. The van der Waals surface area contributed by atoms with E-state index in [1.165, 1.54) is 11.1 Å². The van der Waals surface area contributed by atoms with E-state index in [4.69, 9.17) is 0 Å². The molecule has 0 aliphatic rings. The Morgan fingerprint density at radius 2 is 1.62 bits per heavy atom. The standard InChI is InChI=1S/C11H13.ClH.Mg/c1-3-5-11-8-6-10(4-2)7-9-11;;/h3,6-9H,1-2,4-5H2;1H;/q-1;;+2/p-1. The van der Waals surface area contributed by atoms with Gasteiger partial charge in [-0.1, -0.05) is 35.9 Å². The van der Waals surface area contributed by atoms with Crippen LogP contribution in [0.5, 0.6) is 0 Å². The zero-order valence-electron chi connectivity index (χ0n) is 7.80. The largest absolute Gasteiger partial charge is 2.00 e. The van der Waals surface area contributed by atoms with Gasteiger partial charge in [-0.25, -0.2) is 0 Å². The van der Waals surface area contributed by atoms with Crippen LogP contribution in [-0.4, -0.2) is 23.1 Å². The van der Waals surface area contributed by atoms with Gasteiger partial charge in [0.25, 0.3) is 0 Å². The van der Waals surface area contributed by atoms with Crippen molar-refractivity contribution in [1.82, 2.24) is 0 Å². The molecular weight excluding hydrogens is 192 g/mol. The van der Waals surface area contributed by atoms with Crippen molar-refractivity contribution in [3.8, 4) is 0 Å². The topological polar surface area (TPSA) is 0 Å². The first-order valence-electron chi connectivity index (χ1n) is 3.84. The van der Waals surface area contributed by atoms with Gasteiger partial charge in [-0.3, -0.25) is 0 Å². The van der Waals surface area contributed by atoms with Crippen LogP contribution < -0.4 is 12.4 Å². The summed E-state index contributed by atoms with van der Waals surface area (Å²) < 4.78 is 0. The van der Waals surface area contributed by atoms with Gasteiger partial charge in [-0.05, 0) is 12.0 Å². The Balaban J connectivity index is 0. The van der Waals surface area contributed by atoms with Crippen LogP contribution in [0.4, 0.5) is 0 Å². The summed E-state index contributed by atoms with van der Waals surface area (Å²) in [4.78, 5) is 0. The first-order chi connectivity index (χ1) is 5.36. The quantitative estimate of drug-likeness (QED) is 0.351. The van der Waals surface area contributed by atoms with Gasteiger partial charge in [-0.15, -0.1) is 6.58 Å². The molecule has 0 nitrogen and oxygen atoms in total. The van der Waals surface area contributed by atoms with E-state index in [0.29, 0.717) is 0 Å². The molecule has 0 saturated carbocycles. The van der Waals surface area contributed by atoms with E-state index in [1.807, 2.05) is 6.08 Å². The van der Waals surface area contributed by atoms with Crippen LogP contribution in [-0.2, 0) is 12.8 Å². The van der Waals surface area contributed by atoms with Crippen LogP contribution in [0.15, 0.2) is 36.9 Å². The van der Waals surface area contributed by atoms with E-state index >= 15 is 0 Å². The minimum Gasteiger partial charge on any atom is -1.00 e. The molecule has 1 aromatic rings. The van der Waals surface area contributed by atoms with Gasteiger partial charge in [0.2, 0.25) is 0 Å². The molecule has 1 aromatic carbocycles. The Kier molecular flexibility index (Phi) is 10.3. The minimum atomic E-state index is 0. The van der Waals surface area contributed by atoms with E-state index in [9.17, 15) is 0 Å². The molecule has 2 heteroatoms. The molecule has 0 N–H and O–H groups in total. The monoisotopic (exact) mass is 204 g/mol. The molecule has 0 heterocycles. The predicted octanol–water partition coefficient (Wildman–Crippen LogP) is -0.585. The van der Waals surface area contributed by atoms with Crippen molar-refractivity contribution in [1.29, 1.82) is 0 Å². The van der Waals surface area contributed by atoms with Crippen LogP contribution in [0.1, 0.15) is 11.1 Å². The fraction of sp³-hybridized carbons (Fsp3) is 0.182. The molecular formula is C11H13ClMg. The molecule has 0 unspecified atom stereocenters. The molecule has 0 aliphatic heterocycles. The van der Waals surface area contributed by atoms with Crippen LogP contribution in [0.25, 0.3) is 0 Å². The molecule has 13 heavy (non-hydrogen) atoms. The van der Waals surface area contributed by atoms with Gasteiger partial charge >= 0.3 is 23.1 Å². The third kappa shape index (κ3) is 5.35. The Hall–Kier alpha value is 0.0162. The van der Waals surface area contributed by atoms with Crippen LogP contribution in [0.2, 0.25) is 0 Å². The number of halogens is 1. The van der Waals surface area contributed by atoms with Crippen molar-refractivity contribution in [3.63, 3.8) is 0 Å². The summed E-state index contributed by atoms with van der Waals surface area (Å²) in [5.74, 6) is 0. The van der Waals surface area contributed by atoms with Gasteiger partial charge in [-0.2, -0.15) is 6.42 Å². The van der Waals surface area contributed by atoms with E-state index < -0.39 is 0 Å². The van der Waals surface area contributed by atoms with E-state index in [1.54, 1.807) is 0 Å². The molecule has 0 bridgehead atoms. The Morgan fingerprint density at radius 1 is 1.15 bits per heavy atom. The zero-order chi connectivity index (χ0) is 8.10. The fourth-order valence-electron chi connectivity index (χ4n) is 1.01. The Labute approximate surface area is 103 Å². The summed E-state index contributed by atoms with van der Waals surface area (Å²) in [6.45, 7) is 7.50. The molecule has 0 amide bonds. The van der Waals surface area contributed by atoms with Crippen LogP contribution in [0.3, 0.4) is 0 Å². The van der Waals surface area contributed by atoms with Gasteiger partial charge in [0.1, 0.15) is 0 Å². The maximum Gasteiger partial charge on any atom is 2.00 e. The predicted molar refractivity (Wildman–Crippen MR) is 55.2 cm³/mol. The maximum atomic E-state index is 3.81. The molecule has 0 radical (unpaired) electrons. The summed E-state index contributed by atoms with van der Waals surface area (Å²) in [5.41, 5.74) is 2.61. The van der Waals surface area contributed by atoms with Gasteiger partial charge in [0, 0.05) is 0 Å². The van der Waals surface area contributed by atoms with Crippen molar-refractivity contribution in [2.75, 3.05) is 0 Å². The molecule has 0 spiro atoms. The van der Waals surface area contributed by atoms with Crippen molar-refractivity contribution in [2.24, 2.45) is 0 Å². The second-order valence-corrected chi connectivity index (χ2v) is 2.56. The molecule has 1 rings (SSSR count). The number of allylic oxidation sites excluding steroid dienone is 1. The maximum absolute atomic E-state index is 3.81. The van der Waals surface area contributed by atoms with Crippen LogP contribution in [0, 0.1) is 6.92 Å². The smallest absolute Gasteiger partial charge is 1.00 e. The Morgan fingerprint density at radius 3 is 2.00 bits per heavy atom. The van der Waals surface area contributed by atoms with Crippen LogP contribution >= 0.6 is 0 Å². The average Bonchev–Trinajstić information content (AvgIpc) is 2.07. The molecule has 66 valence electrons. The third-order valence-corrected chi connectivity index (χ3v) is 1.69. The second-order valence-electron chi connectivity index (χ2n) is 2.56. The summed E-state index contributed by atoms with van der Waals surface area (Å²) in [6.07, 6.45) is 3.74. The van der Waals surface area contributed by atoms with Gasteiger partial charge in [0.05, 0.1) is 0 Å². The number of benzene rings is 1. The van der Waals surface area contributed by atoms with Gasteiger partial charge in [0.15, 0.2) is 0 Å². The normalized spacial score (nSPS) is 8.08. The average molecular weight is 205 g/mol. The molecule has 0 aromatic heterocycles. The molecule has 0 saturated heterocycles. The number of hydrogen-bond acceptors (Lipinski definition) is 0. The molecule has 0 atom stereocenters. The molecule has 0 fully saturated rings. The first-order valence-corrected chi connectivity index (χ1v) is 3.84. The third-order valence-electron chi connectivity index (χ3n) is 1.69. The van der Waals surface area contributed by atoms with Gasteiger partial charge < -0.3 is 19.3 Å². The zero-order valence-corrected chi connectivity index (χ0v) is 9.97. The molecule has 0 aliphatic carbocycles. The number of hydrogen-bond donors (Lipinski definition) is 0. The van der Waals surface area contributed by atoms with E-state index in [2.05, 4.69) is 37.8 Å². The van der Waals surface area contributed by atoms with Crippen molar-refractivity contribution < 1.29 is 12.4 Å². The Bertz CT molecular complexity index is 228. The SMILES string of the molecule is C=CCc1ccc(C[CH2-])cc1.[Cl-].[Mg+2]. The summed E-state index contributed by atoms with van der Waals surface area (Å²) in [6, 6.07) is 8.49. The fourth-order valence-corrected chi connectivity index (χ4v) is 1.01. The summed E-state index contributed by atoms with van der Waals surface area (Å²) in [7, 11) is 0. The number of rotatable bonds is 3. The van der Waals surface area contributed by atoms with Crippen molar-refractivity contribution >= 4 is 23.1 Å². The second kappa shape index (κ2) is 8.61. The van der Waals surface area contributed by atoms with E-state index in [-0.39, 0.29) is 35.5 Å². The van der Waals surface area contributed by atoms with Crippen molar-refractivity contribution in [3.05, 3.63) is 55.0 Å². The summed E-state index contributed by atoms with van der Waals surface area (Å²) in [5, 5.41) is 0.